The zero-order valence-corrected chi connectivity index (χ0v) is 19.2. The van der Waals surface area contributed by atoms with Crippen LogP contribution < -0.4 is 15.5 Å². The highest BCUT2D eigenvalue weighted by Gasteiger charge is 2.07. The molecule has 2 aromatic rings. The summed E-state index contributed by atoms with van der Waals surface area (Å²) in [6.45, 7) is 6.30. The Kier molecular flexibility index (Phi) is 9.57. The monoisotopic (exact) mass is 511 g/mol. The second-order valence-electron chi connectivity index (χ2n) is 6.41. The quantitative estimate of drug-likeness (QED) is 0.194. The molecule has 0 amide bonds. The predicted octanol–water partition coefficient (Wildman–Crippen LogP) is 4.03. The van der Waals surface area contributed by atoms with Gasteiger partial charge in [0.05, 0.1) is 6.54 Å². The first-order valence-electron chi connectivity index (χ1n) is 9.36. The van der Waals surface area contributed by atoms with E-state index in [2.05, 4.69) is 63.9 Å². The molecule has 1 aliphatic rings. The molecule has 1 aromatic heterocycles. The molecule has 0 radical (unpaired) electrons. The predicted molar refractivity (Wildman–Crippen MR) is 129 cm³/mol. The van der Waals surface area contributed by atoms with E-state index >= 15 is 0 Å². The SMILES string of the molecule is CCNC(=NCc1cccc(N2CC=CC2)c1)NCCc1ccc(Cl)nc1.I. The van der Waals surface area contributed by atoms with Crippen molar-refractivity contribution in [1.82, 2.24) is 15.6 Å². The van der Waals surface area contributed by atoms with Gasteiger partial charge in [-0.25, -0.2) is 9.98 Å². The van der Waals surface area contributed by atoms with E-state index in [1.54, 1.807) is 0 Å². The molecule has 28 heavy (non-hydrogen) atoms. The number of anilines is 1. The molecule has 2 N–H and O–H groups in total. The third kappa shape index (κ3) is 6.98. The van der Waals surface area contributed by atoms with Crippen LogP contribution in [0.1, 0.15) is 18.1 Å². The summed E-state index contributed by atoms with van der Waals surface area (Å²) in [5.74, 6) is 0.827. The summed E-state index contributed by atoms with van der Waals surface area (Å²) in [6, 6.07) is 12.4. The number of hydrogen-bond acceptors (Lipinski definition) is 3. The Morgan fingerprint density at radius 3 is 2.68 bits per heavy atom. The largest absolute Gasteiger partial charge is 0.364 e. The van der Waals surface area contributed by atoms with E-state index in [9.17, 15) is 0 Å². The minimum absolute atomic E-state index is 0. The van der Waals surface area contributed by atoms with Crippen LogP contribution in [0.3, 0.4) is 0 Å². The van der Waals surface area contributed by atoms with Crippen LogP contribution in [-0.2, 0) is 13.0 Å². The average molecular weight is 512 g/mol. The summed E-state index contributed by atoms with van der Waals surface area (Å²) in [6.07, 6.45) is 7.08. The highest BCUT2D eigenvalue weighted by atomic mass is 127. The maximum atomic E-state index is 5.83. The van der Waals surface area contributed by atoms with Gasteiger partial charge in [-0.05, 0) is 42.7 Å². The van der Waals surface area contributed by atoms with Gasteiger partial charge in [0.2, 0.25) is 0 Å². The summed E-state index contributed by atoms with van der Waals surface area (Å²) < 4.78 is 0. The molecule has 2 heterocycles. The van der Waals surface area contributed by atoms with Crippen molar-refractivity contribution in [2.24, 2.45) is 4.99 Å². The highest BCUT2D eigenvalue weighted by Crippen LogP contribution is 2.18. The fraction of sp³-hybridized carbons (Fsp3) is 0.333. The van der Waals surface area contributed by atoms with Crippen molar-refractivity contribution in [3.8, 4) is 0 Å². The minimum atomic E-state index is 0. The van der Waals surface area contributed by atoms with Crippen LogP contribution in [0, 0.1) is 0 Å². The molecular weight excluding hydrogens is 485 g/mol. The van der Waals surface area contributed by atoms with Crippen LogP contribution in [0.5, 0.6) is 0 Å². The van der Waals surface area contributed by atoms with Crippen molar-refractivity contribution in [1.29, 1.82) is 0 Å². The van der Waals surface area contributed by atoms with E-state index in [1.165, 1.54) is 11.3 Å². The van der Waals surface area contributed by atoms with Gasteiger partial charge in [0, 0.05) is 38.1 Å². The summed E-state index contributed by atoms with van der Waals surface area (Å²) in [4.78, 5) is 11.2. The number of hydrogen-bond donors (Lipinski definition) is 2. The standard InChI is InChI=1S/C21H26ClN5.HI/c1-2-23-21(24-11-10-17-8-9-20(22)25-15-17)26-16-18-6-5-7-19(14-18)27-12-3-4-13-27;/h3-9,14-15H,2,10-13,16H2,1H3,(H2,23,24,26);1H. The Labute approximate surface area is 189 Å². The van der Waals surface area contributed by atoms with Crippen molar-refractivity contribution >= 4 is 47.2 Å². The van der Waals surface area contributed by atoms with E-state index in [1.807, 2.05) is 18.3 Å². The molecule has 0 unspecified atom stereocenters. The minimum Gasteiger partial charge on any atom is -0.364 e. The Hall–Kier alpha value is -1.80. The topological polar surface area (TPSA) is 52.6 Å². The third-order valence-corrected chi connectivity index (χ3v) is 4.58. The van der Waals surface area contributed by atoms with Gasteiger partial charge < -0.3 is 15.5 Å². The molecule has 0 spiro atoms. The van der Waals surface area contributed by atoms with Crippen LogP contribution in [0.15, 0.2) is 59.7 Å². The number of aliphatic imine (C=N–C) groups is 1. The van der Waals surface area contributed by atoms with Crippen LogP contribution in [0.2, 0.25) is 5.15 Å². The lowest BCUT2D eigenvalue weighted by Crippen LogP contribution is -2.38. The van der Waals surface area contributed by atoms with Gasteiger partial charge in [0.25, 0.3) is 0 Å². The number of rotatable bonds is 7. The Morgan fingerprint density at radius 1 is 1.14 bits per heavy atom. The zero-order valence-electron chi connectivity index (χ0n) is 16.1. The average Bonchev–Trinajstić information content (AvgIpc) is 3.23. The molecule has 0 fully saturated rings. The fourth-order valence-electron chi connectivity index (χ4n) is 2.93. The summed E-state index contributed by atoms with van der Waals surface area (Å²) in [5, 5.41) is 7.20. The number of benzene rings is 1. The first-order chi connectivity index (χ1) is 13.2. The molecule has 0 aliphatic carbocycles. The Morgan fingerprint density at radius 2 is 1.96 bits per heavy atom. The van der Waals surface area contributed by atoms with E-state index in [-0.39, 0.29) is 24.0 Å². The zero-order chi connectivity index (χ0) is 18.9. The third-order valence-electron chi connectivity index (χ3n) is 4.35. The maximum Gasteiger partial charge on any atom is 0.191 e. The van der Waals surface area contributed by atoms with Crippen LogP contribution in [0.25, 0.3) is 0 Å². The highest BCUT2D eigenvalue weighted by molar-refractivity contribution is 14.0. The second kappa shape index (κ2) is 11.9. The summed E-state index contributed by atoms with van der Waals surface area (Å²) >= 11 is 5.83. The molecule has 0 atom stereocenters. The lowest BCUT2D eigenvalue weighted by atomic mass is 10.2. The molecule has 150 valence electrons. The van der Waals surface area contributed by atoms with Gasteiger partial charge >= 0.3 is 0 Å². The fourth-order valence-corrected chi connectivity index (χ4v) is 3.04. The molecule has 5 nitrogen and oxygen atoms in total. The van der Waals surface area contributed by atoms with Crippen LogP contribution >= 0.6 is 35.6 Å². The first-order valence-corrected chi connectivity index (χ1v) is 9.74. The van der Waals surface area contributed by atoms with Crippen molar-refractivity contribution in [2.75, 3.05) is 31.1 Å². The van der Waals surface area contributed by atoms with E-state index < -0.39 is 0 Å². The van der Waals surface area contributed by atoms with Gasteiger partial charge in [-0.2, -0.15) is 0 Å². The van der Waals surface area contributed by atoms with Crippen molar-refractivity contribution in [3.05, 3.63) is 71.0 Å². The van der Waals surface area contributed by atoms with Crippen molar-refractivity contribution < 1.29 is 0 Å². The van der Waals surface area contributed by atoms with E-state index in [0.717, 1.165) is 44.1 Å². The molecular formula is C21H27ClIN5. The lowest BCUT2D eigenvalue weighted by molar-refractivity contribution is 0.798. The van der Waals surface area contributed by atoms with E-state index in [4.69, 9.17) is 16.6 Å². The molecule has 3 rings (SSSR count). The molecule has 0 bridgehead atoms. The second-order valence-corrected chi connectivity index (χ2v) is 6.79. The van der Waals surface area contributed by atoms with Gasteiger partial charge in [-0.15, -0.1) is 24.0 Å². The number of guanidine groups is 1. The number of nitrogens with zero attached hydrogens (tertiary/aromatic N) is 3. The van der Waals surface area contributed by atoms with Crippen molar-refractivity contribution in [2.45, 2.75) is 19.9 Å². The number of halogens is 2. The molecule has 0 saturated heterocycles. The van der Waals surface area contributed by atoms with Gasteiger partial charge in [0.15, 0.2) is 5.96 Å². The Balaban J connectivity index is 0.00000280. The van der Waals surface area contributed by atoms with Gasteiger partial charge in [-0.3, -0.25) is 0 Å². The number of pyridine rings is 1. The smallest absolute Gasteiger partial charge is 0.191 e. The normalized spacial score (nSPS) is 13.4. The maximum absolute atomic E-state index is 5.83. The van der Waals surface area contributed by atoms with Gasteiger partial charge in [-0.1, -0.05) is 42.0 Å². The van der Waals surface area contributed by atoms with Crippen molar-refractivity contribution in [3.63, 3.8) is 0 Å². The molecule has 1 aliphatic heterocycles. The lowest BCUT2D eigenvalue weighted by Gasteiger charge is -2.18. The van der Waals surface area contributed by atoms with Crippen LogP contribution in [-0.4, -0.2) is 37.1 Å². The Bertz CT molecular complexity index is 784. The molecule has 1 aromatic carbocycles. The number of aromatic nitrogens is 1. The summed E-state index contributed by atoms with van der Waals surface area (Å²) in [5.41, 5.74) is 3.61. The molecule has 0 saturated carbocycles. The first kappa shape index (κ1) is 22.5. The number of nitrogens with one attached hydrogen (secondary N) is 2. The van der Waals surface area contributed by atoms with Crippen LogP contribution in [0.4, 0.5) is 5.69 Å². The van der Waals surface area contributed by atoms with E-state index in [0.29, 0.717) is 11.7 Å². The molecule has 7 heteroatoms. The summed E-state index contributed by atoms with van der Waals surface area (Å²) in [7, 11) is 0. The van der Waals surface area contributed by atoms with Gasteiger partial charge in [0.1, 0.15) is 5.15 Å².